The van der Waals surface area contributed by atoms with Crippen molar-refractivity contribution in [3.63, 3.8) is 0 Å². The summed E-state index contributed by atoms with van der Waals surface area (Å²) >= 11 is 3.80. The Balaban J connectivity index is 1.62. The molecule has 3 rings (SSSR count). The lowest BCUT2D eigenvalue weighted by atomic mass is 9.83. The standard InChI is InChI=1S/C15H22N2S2/c1-11-8-13(19-12(11)2)9-16-14-17-15(10-18-14)6-4-3-5-7-15/h8H,3-7,9-10H2,1-2H3,(H,16,17). The summed E-state index contributed by atoms with van der Waals surface area (Å²) < 4.78 is 0. The van der Waals surface area contributed by atoms with Gasteiger partial charge in [-0.25, -0.2) is 0 Å². The quantitative estimate of drug-likeness (QED) is 0.881. The van der Waals surface area contributed by atoms with Gasteiger partial charge in [0.25, 0.3) is 0 Å². The van der Waals surface area contributed by atoms with Gasteiger partial charge in [0.15, 0.2) is 5.17 Å². The summed E-state index contributed by atoms with van der Waals surface area (Å²) in [7, 11) is 0. The number of hydrogen-bond donors (Lipinski definition) is 1. The Bertz CT molecular complexity index is 465. The third-order valence-electron chi connectivity index (χ3n) is 4.26. The van der Waals surface area contributed by atoms with Gasteiger partial charge in [-0.15, -0.1) is 11.3 Å². The molecule has 1 N–H and O–H groups in total. The monoisotopic (exact) mass is 294 g/mol. The van der Waals surface area contributed by atoms with E-state index in [1.807, 2.05) is 23.1 Å². The zero-order valence-electron chi connectivity index (χ0n) is 11.8. The molecule has 0 radical (unpaired) electrons. The van der Waals surface area contributed by atoms with E-state index in [1.54, 1.807) is 0 Å². The number of rotatable bonds is 2. The van der Waals surface area contributed by atoms with E-state index >= 15 is 0 Å². The fraction of sp³-hybridized carbons (Fsp3) is 0.667. The molecular formula is C15H22N2S2. The SMILES string of the molecule is Cc1cc(CN=C2NC3(CCCCC3)CS2)sc1C. The van der Waals surface area contributed by atoms with Crippen LogP contribution in [0.15, 0.2) is 11.1 Å². The Hall–Kier alpha value is -0.480. The highest BCUT2D eigenvalue weighted by Gasteiger charge is 2.37. The summed E-state index contributed by atoms with van der Waals surface area (Å²) in [6.45, 7) is 5.21. The molecule has 1 saturated heterocycles. The van der Waals surface area contributed by atoms with Crippen molar-refractivity contribution >= 4 is 28.3 Å². The highest BCUT2D eigenvalue weighted by Crippen LogP contribution is 2.36. The fourth-order valence-corrected chi connectivity index (χ4v) is 5.16. The molecule has 0 bridgehead atoms. The highest BCUT2D eigenvalue weighted by molar-refractivity contribution is 8.14. The summed E-state index contributed by atoms with van der Waals surface area (Å²) in [5.41, 5.74) is 1.78. The molecule has 0 unspecified atom stereocenters. The Kier molecular flexibility index (Phi) is 3.90. The van der Waals surface area contributed by atoms with Gasteiger partial charge in [-0.1, -0.05) is 31.0 Å². The molecule has 2 nitrogen and oxygen atoms in total. The molecule has 2 heterocycles. The second-order valence-electron chi connectivity index (χ2n) is 5.83. The van der Waals surface area contributed by atoms with Crippen LogP contribution in [-0.4, -0.2) is 16.5 Å². The minimum absolute atomic E-state index is 0.378. The number of nitrogens with zero attached hydrogens (tertiary/aromatic N) is 1. The molecule has 104 valence electrons. The first-order valence-corrected chi connectivity index (χ1v) is 8.98. The molecule has 0 atom stereocenters. The molecule has 2 aliphatic rings. The van der Waals surface area contributed by atoms with Gasteiger partial charge in [0, 0.05) is 21.0 Å². The van der Waals surface area contributed by atoms with Crippen molar-refractivity contribution in [1.82, 2.24) is 5.32 Å². The average molecular weight is 294 g/mol. The normalized spacial score (nSPS) is 24.0. The van der Waals surface area contributed by atoms with Crippen LogP contribution in [0.3, 0.4) is 0 Å². The lowest BCUT2D eigenvalue weighted by Crippen LogP contribution is -2.45. The van der Waals surface area contributed by atoms with Crippen molar-refractivity contribution in [1.29, 1.82) is 0 Å². The number of amidine groups is 1. The Morgan fingerprint density at radius 1 is 1.26 bits per heavy atom. The Morgan fingerprint density at radius 2 is 2.05 bits per heavy atom. The fourth-order valence-electron chi connectivity index (χ4n) is 2.97. The maximum atomic E-state index is 4.78. The van der Waals surface area contributed by atoms with Gasteiger partial charge < -0.3 is 5.32 Å². The van der Waals surface area contributed by atoms with Crippen LogP contribution in [-0.2, 0) is 6.54 Å². The van der Waals surface area contributed by atoms with Gasteiger partial charge in [-0.05, 0) is 38.3 Å². The van der Waals surface area contributed by atoms with Crippen LogP contribution in [0.25, 0.3) is 0 Å². The Labute approximate surface area is 124 Å². The number of thiophene rings is 1. The smallest absolute Gasteiger partial charge is 0.157 e. The number of thioether (sulfide) groups is 1. The highest BCUT2D eigenvalue weighted by atomic mass is 32.2. The topological polar surface area (TPSA) is 24.4 Å². The lowest BCUT2D eigenvalue weighted by molar-refractivity contribution is 0.303. The molecule has 0 aromatic carbocycles. The van der Waals surface area contributed by atoms with E-state index in [0.717, 1.165) is 6.54 Å². The van der Waals surface area contributed by atoms with Crippen LogP contribution >= 0.6 is 23.1 Å². The average Bonchev–Trinajstić information content (AvgIpc) is 2.93. The van der Waals surface area contributed by atoms with E-state index < -0.39 is 0 Å². The zero-order chi connectivity index (χ0) is 13.3. The van der Waals surface area contributed by atoms with Gasteiger partial charge in [0.2, 0.25) is 0 Å². The summed E-state index contributed by atoms with van der Waals surface area (Å²) in [5, 5.41) is 4.89. The molecule has 1 aliphatic carbocycles. The molecule has 1 aromatic heterocycles. The van der Waals surface area contributed by atoms with E-state index in [4.69, 9.17) is 4.99 Å². The van der Waals surface area contributed by atoms with Crippen molar-refractivity contribution in [2.24, 2.45) is 4.99 Å². The number of aryl methyl sites for hydroxylation is 2. The molecule has 1 saturated carbocycles. The van der Waals surface area contributed by atoms with Gasteiger partial charge in [-0.3, -0.25) is 4.99 Å². The molecule has 1 aromatic rings. The van der Waals surface area contributed by atoms with E-state index in [0.29, 0.717) is 5.54 Å². The third kappa shape index (κ3) is 3.00. The van der Waals surface area contributed by atoms with Crippen LogP contribution in [0.5, 0.6) is 0 Å². The maximum absolute atomic E-state index is 4.78. The predicted octanol–water partition coefficient (Wildman–Crippen LogP) is 4.26. The Morgan fingerprint density at radius 3 is 2.74 bits per heavy atom. The minimum Gasteiger partial charge on any atom is -0.359 e. The molecule has 19 heavy (non-hydrogen) atoms. The molecule has 0 amide bonds. The summed E-state index contributed by atoms with van der Waals surface area (Å²) in [5.74, 6) is 1.22. The van der Waals surface area contributed by atoms with E-state index in [9.17, 15) is 0 Å². The van der Waals surface area contributed by atoms with Crippen molar-refractivity contribution in [3.8, 4) is 0 Å². The van der Waals surface area contributed by atoms with E-state index in [2.05, 4.69) is 25.2 Å². The van der Waals surface area contributed by atoms with E-state index in [1.165, 1.54) is 58.3 Å². The van der Waals surface area contributed by atoms with Crippen molar-refractivity contribution in [3.05, 3.63) is 21.4 Å². The largest absolute Gasteiger partial charge is 0.359 e. The van der Waals surface area contributed by atoms with Gasteiger partial charge >= 0.3 is 0 Å². The van der Waals surface area contributed by atoms with Gasteiger partial charge in [-0.2, -0.15) is 0 Å². The molecule has 4 heteroatoms. The van der Waals surface area contributed by atoms with Gasteiger partial charge in [0.1, 0.15) is 0 Å². The second-order valence-corrected chi connectivity index (χ2v) is 8.13. The molecule has 1 aliphatic heterocycles. The number of aliphatic imine (C=N–C) groups is 1. The van der Waals surface area contributed by atoms with Crippen LogP contribution < -0.4 is 5.32 Å². The van der Waals surface area contributed by atoms with Crippen LogP contribution in [0.1, 0.15) is 47.4 Å². The number of nitrogens with one attached hydrogen (secondary N) is 1. The summed E-state index contributed by atoms with van der Waals surface area (Å²) in [4.78, 5) is 7.58. The zero-order valence-corrected chi connectivity index (χ0v) is 13.4. The summed E-state index contributed by atoms with van der Waals surface area (Å²) in [6, 6.07) is 2.28. The first-order valence-electron chi connectivity index (χ1n) is 7.18. The minimum atomic E-state index is 0.378. The van der Waals surface area contributed by atoms with Gasteiger partial charge in [0.05, 0.1) is 6.54 Å². The first kappa shape index (κ1) is 13.5. The van der Waals surface area contributed by atoms with Crippen LogP contribution in [0.4, 0.5) is 0 Å². The number of hydrogen-bond acceptors (Lipinski definition) is 3. The molecule has 2 fully saturated rings. The molecule has 1 spiro atoms. The molecular weight excluding hydrogens is 272 g/mol. The maximum Gasteiger partial charge on any atom is 0.157 e. The van der Waals surface area contributed by atoms with Crippen molar-refractivity contribution in [2.75, 3.05) is 5.75 Å². The second kappa shape index (κ2) is 5.49. The van der Waals surface area contributed by atoms with Crippen LogP contribution in [0.2, 0.25) is 0 Å². The predicted molar refractivity (Wildman–Crippen MR) is 86.3 cm³/mol. The van der Waals surface area contributed by atoms with Crippen LogP contribution in [0, 0.1) is 13.8 Å². The van der Waals surface area contributed by atoms with Crippen molar-refractivity contribution in [2.45, 2.75) is 58.0 Å². The van der Waals surface area contributed by atoms with Crippen molar-refractivity contribution < 1.29 is 0 Å². The lowest BCUT2D eigenvalue weighted by Gasteiger charge is -2.32. The summed E-state index contributed by atoms with van der Waals surface area (Å²) in [6.07, 6.45) is 6.83. The first-order chi connectivity index (χ1) is 9.17. The third-order valence-corrected chi connectivity index (χ3v) is 6.60. The van der Waals surface area contributed by atoms with E-state index in [-0.39, 0.29) is 0 Å².